The highest BCUT2D eigenvalue weighted by molar-refractivity contribution is 14.1. The van der Waals surface area contributed by atoms with Crippen LogP contribution in [0.4, 0.5) is 0 Å². The molecule has 0 fully saturated rings. The SMILES string of the molecule is Ic1ccc(OCc2cncs2)cc1. The van der Waals surface area contributed by atoms with Gasteiger partial charge in [0.25, 0.3) is 0 Å². The highest BCUT2D eigenvalue weighted by atomic mass is 127. The Hall–Kier alpha value is -0.620. The number of hydrogen-bond donors (Lipinski definition) is 0. The van der Waals surface area contributed by atoms with Crippen LogP contribution < -0.4 is 4.74 Å². The first-order valence-corrected chi connectivity index (χ1v) is 6.06. The molecule has 0 N–H and O–H groups in total. The van der Waals surface area contributed by atoms with Crippen molar-refractivity contribution >= 4 is 33.9 Å². The van der Waals surface area contributed by atoms with Crippen molar-refractivity contribution in [3.8, 4) is 5.75 Å². The van der Waals surface area contributed by atoms with Gasteiger partial charge in [0.1, 0.15) is 12.4 Å². The lowest BCUT2D eigenvalue weighted by Crippen LogP contribution is -1.92. The molecule has 1 aromatic heterocycles. The second kappa shape index (κ2) is 4.75. The number of rotatable bonds is 3. The van der Waals surface area contributed by atoms with Crippen LogP contribution in [0.15, 0.2) is 36.0 Å². The molecule has 1 aromatic carbocycles. The lowest BCUT2D eigenvalue weighted by molar-refractivity contribution is 0.309. The minimum Gasteiger partial charge on any atom is -0.488 e. The molecule has 0 aliphatic heterocycles. The van der Waals surface area contributed by atoms with Gasteiger partial charge in [-0.25, -0.2) is 0 Å². The summed E-state index contributed by atoms with van der Waals surface area (Å²) in [5.41, 5.74) is 1.81. The molecule has 1 heterocycles. The number of thiazole rings is 1. The summed E-state index contributed by atoms with van der Waals surface area (Å²) in [6.07, 6.45) is 1.83. The van der Waals surface area contributed by atoms with E-state index in [0.29, 0.717) is 6.61 Å². The van der Waals surface area contributed by atoms with Crippen LogP contribution in [0.1, 0.15) is 4.88 Å². The first-order valence-electron chi connectivity index (χ1n) is 4.10. The van der Waals surface area contributed by atoms with E-state index in [1.54, 1.807) is 11.3 Å². The van der Waals surface area contributed by atoms with Gasteiger partial charge < -0.3 is 4.74 Å². The molecule has 2 aromatic rings. The van der Waals surface area contributed by atoms with E-state index < -0.39 is 0 Å². The maximum atomic E-state index is 5.57. The van der Waals surface area contributed by atoms with Gasteiger partial charge in [0.05, 0.1) is 10.4 Å². The molecular formula is C10H8INOS. The van der Waals surface area contributed by atoms with E-state index in [1.807, 2.05) is 36.0 Å². The summed E-state index contributed by atoms with van der Waals surface area (Å²) < 4.78 is 6.79. The van der Waals surface area contributed by atoms with Gasteiger partial charge in [-0.15, -0.1) is 11.3 Å². The molecule has 0 spiro atoms. The van der Waals surface area contributed by atoms with Crippen molar-refractivity contribution in [1.29, 1.82) is 0 Å². The van der Waals surface area contributed by atoms with Crippen molar-refractivity contribution in [3.63, 3.8) is 0 Å². The zero-order valence-corrected chi connectivity index (χ0v) is 10.3. The molecule has 72 valence electrons. The number of hydrogen-bond acceptors (Lipinski definition) is 3. The quantitative estimate of drug-likeness (QED) is 0.810. The Morgan fingerprint density at radius 2 is 2.07 bits per heavy atom. The molecule has 0 radical (unpaired) electrons. The van der Waals surface area contributed by atoms with Crippen molar-refractivity contribution in [2.75, 3.05) is 0 Å². The lowest BCUT2D eigenvalue weighted by Gasteiger charge is -2.03. The van der Waals surface area contributed by atoms with Crippen molar-refractivity contribution in [2.45, 2.75) is 6.61 Å². The second-order valence-corrected chi connectivity index (χ2v) is 4.93. The van der Waals surface area contributed by atoms with Crippen molar-refractivity contribution < 1.29 is 4.74 Å². The summed E-state index contributed by atoms with van der Waals surface area (Å²) in [6, 6.07) is 8.01. The van der Waals surface area contributed by atoms with Gasteiger partial charge in [0.15, 0.2) is 0 Å². The van der Waals surface area contributed by atoms with Gasteiger partial charge >= 0.3 is 0 Å². The van der Waals surface area contributed by atoms with Crippen molar-refractivity contribution in [3.05, 3.63) is 44.4 Å². The normalized spacial score (nSPS) is 10.1. The molecule has 0 saturated heterocycles. The summed E-state index contributed by atoms with van der Waals surface area (Å²) in [5, 5.41) is 0. The fourth-order valence-corrected chi connectivity index (χ4v) is 1.86. The molecule has 4 heteroatoms. The summed E-state index contributed by atoms with van der Waals surface area (Å²) in [6.45, 7) is 0.602. The van der Waals surface area contributed by atoms with E-state index in [9.17, 15) is 0 Å². The van der Waals surface area contributed by atoms with Crippen LogP contribution in [0.25, 0.3) is 0 Å². The van der Waals surface area contributed by atoms with Crippen LogP contribution in [0, 0.1) is 3.57 Å². The number of benzene rings is 1. The van der Waals surface area contributed by atoms with Gasteiger partial charge in [-0.05, 0) is 46.9 Å². The van der Waals surface area contributed by atoms with Gasteiger partial charge in [0.2, 0.25) is 0 Å². The topological polar surface area (TPSA) is 22.1 Å². The maximum absolute atomic E-state index is 5.57. The van der Waals surface area contributed by atoms with E-state index in [-0.39, 0.29) is 0 Å². The molecular weight excluding hydrogens is 309 g/mol. The van der Waals surface area contributed by atoms with Gasteiger partial charge in [0, 0.05) is 9.77 Å². The van der Waals surface area contributed by atoms with E-state index in [2.05, 4.69) is 27.6 Å². The Morgan fingerprint density at radius 1 is 1.29 bits per heavy atom. The molecule has 0 bridgehead atoms. The maximum Gasteiger partial charge on any atom is 0.124 e. The summed E-state index contributed by atoms with van der Waals surface area (Å²) >= 11 is 3.88. The third-order valence-electron chi connectivity index (χ3n) is 1.68. The predicted octanol–water partition coefficient (Wildman–Crippen LogP) is 3.33. The molecule has 2 rings (SSSR count). The zero-order valence-electron chi connectivity index (χ0n) is 7.31. The Kier molecular flexibility index (Phi) is 3.36. The zero-order chi connectivity index (χ0) is 9.80. The predicted molar refractivity (Wildman–Crippen MR) is 65.6 cm³/mol. The first kappa shape index (κ1) is 9.92. The Bertz CT molecular complexity index is 385. The highest BCUT2D eigenvalue weighted by Gasteiger charge is 1.96. The average Bonchev–Trinajstić information content (AvgIpc) is 2.70. The van der Waals surface area contributed by atoms with Crippen LogP contribution in [0.5, 0.6) is 5.75 Å². The van der Waals surface area contributed by atoms with Crippen molar-refractivity contribution in [2.24, 2.45) is 0 Å². The molecule has 14 heavy (non-hydrogen) atoms. The third-order valence-corrected chi connectivity index (χ3v) is 3.15. The fraction of sp³-hybridized carbons (Fsp3) is 0.100. The van der Waals surface area contributed by atoms with Crippen molar-refractivity contribution in [1.82, 2.24) is 4.98 Å². The minimum absolute atomic E-state index is 0.602. The Labute approximate surface area is 100 Å². The highest BCUT2D eigenvalue weighted by Crippen LogP contribution is 2.16. The molecule has 0 saturated carbocycles. The van der Waals surface area contributed by atoms with Gasteiger partial charge in [-0.1, -0.05) is 0 Å². The molecule has 0 aliphatic rings. The second-order valence-electron chi connectivity index (χ2n) is 2.71. The average molecular weight is 317 g/mol. The van der Waals surface area contributed by atoms with Crippen LogP contribution >= 0.6 is 33.9 Å². The molecule has 0 atom stereocenters. The van der Waals surface area contributed by atoms with Crippen LogP contribution in [-0.4, -0.2) is 4.98 Å². The van der Waals surface area contributed by atoms with Crippen LogP contribution in [0.3, 0.4) is 0 Å². The number of aromatic nitrogens is 1. The Morgan fingerprint density at radius 3 is 2.71 bits per heavy atom. The van der Waals surface area contributed by atoms with Gasteiger partial charge in [-0.2, -0.15) is 0 Å². The number of ether oxygens (including phenoxy) is 1. The minimum atomic E-state index is 0.602. The fourth-order valence-electron chi connectivity index (χ4n) is 0.999. The summed E-state index contributed by atoms with van der Waals surface area (Å²) in [7, 11) is 0. The molecule has 2 nitrogen and oxygen atoms in total. The molecule has 0 amide bonds. The largest absolute Gasteiger partial charge is 0.488 e. The van der Waals surface area contributed by atoms with Gasteiger partial charge in [-0.3, -0.25) is 4.98 Å². The Balaban J connectivity index is 1.95. The number of nitrogens with zero attached hydrogens (tertiary/aromatic N) is 1. The monoisotopic (exact) mass is 317 g/mol. The van der Waals surface area contributed by atoms with E-state index in [0.717, 1.165) is 10.6 Å². The molecule has 0 aliphatic carbocycles. The summed E-state index contributed by atoms with van der Waals surface area (Å²) in [4.78, 5) is 5.13. The standard InChI is InChI=1S/C10H8INOS/c11-8-1-3-9(4-2-8)13-6-10-5-12-7-14-10/h1-5,7H,6H2. The third kappa shape index (κ3) is 2.68. The van der Waals surface area contributed by atoms with E-state index >= 15 is 0 Å². The first-order chi connectivity index (χ1) is 6.84. The van der Waals surface area contributed by atoms with Crippen LogP contribution in [-0.2, 0) is 6.61 Å². The van der Waals surface area contributed by atoms with E-state index in [4.69, 9.17) is 4.74 Å². The molecule has 0 unspecified atom stereocenters. The van der Waals surface area contributed by atoms with Crippen LogP contribution in [0.2, 0.25) is 0 Å². The smallest absolute Gasteiger partial charge is 0.124 e. The van der Waals surface area contributed by atoms with E-state index in [1.165, 1.54) is 3.57 Å². The number of halogens is 1. The summed E-state index contributed by atoms with van der Waals surface area (Å²) in [5.74, 6) is 0.902. The lowest BCUT2D eigenvalue weighted by atomic mass is 10.3.